The van der Waals surface area contributed by atoms with Gasteiger partial charge in [0.15, 0.2) is 0 Å². The van der Waals surface area contributed by atoms with Gasteiger partial charge in [-0.25, -0.2) is 0 Å². The molecule has 5 heteroatoms. The highest BCUT2D eigenvalue weighted by Crippen LogP contribution is 2.26. The number of fused-ring (bicyclic) bond motifs is 1. The smallest absolute Gasteiger partial charge is 0.219 e. The van der Waals surface area contributed by atoms with Crippen molar-refractivity contribution in [3.05, 3.63) is 60.8 Å². The van der Waals surface area contributed by atoms with Crippen LogP contribution in [-0.4, -0.2) is 35.0 Å². The lowest BCUT2D eigenvalue weighted by Crippen LogP contribution is -2.40. The van der Waals surface area contributed by atoms with Gasteiger partial charge in [-0.15, -0.1) is 12.4 Å². The van der Waals surface area contributed by atoms with Crippen LogP contribution < -0.4 is 4.74 Å². The lowest BCUT2D eigenvalue weighted by Gasteiger charge is -2.31. The van der Waals surface area contributed by atoms with Gasteiger partial charge < -0.3 is 9.64 Å². The minimum Gasteiger partial charge on any atom is -0.490 e. The number of likely N-dealkylation sites (tertiary alicyclic amines) is 1. The van der Waals surface area contributed by atoms with E-state index < -0.39 is 0 Å². The summed E-state index contributed by atoms with van der Waals surface area (Å²) < 4.78 is 6.09. The minimum atomic E-state index is 0. The van der Waals surface area contributed by atoms with Crippen LogP contribution in [0.3, 0.4) is 0 Å². The molecule has 27 heavy (non-hydrogen) atoms. The molecule has 1 fully saturated rings. The lowest BCUT2D eigenvalue weighted by atomic mass is 10.0. The van der Waals surface area contributed by atoms with E-state index in [0.29, 0.717) is 0 Å². The number of aromatic nitrogens is 1. The van der Waals surface area contributed by atoms with Crippen LogP contribution in [0.15, 0.2) is 60.8 Å². The van der Waals surface area contributed by atoms with Gasteiger partial charge in [0.05, 0.1) is 5.52 Å². The van der Waals surface area contributed by atoms with Gasteiger partial charge in [-0.1, -0.05) is 30.3 Å². The van der Waals surface area contributed by atoms with Gasteiger partial charge in [-0.3, -0.25) is 9.78 Å². The molecule has 1 aliphatic heterocycles. The highest BCUT2D eigenvalue weighted by atomic mass is 35.5. The highest BCUT2D eigenvalue weighted by molar-refractivity contribution is 5.85. The number of ether oxygens (including phenoxy) is 1. The van der Waals surface area contributed by atoms with E-state index in [-0.39, 0.29) is 24.4 Å². The molecular formula is C22H23ClN2O2. The quantitative estimate of drug-likeness (QED) is 0.658. The number of piperidine rings is 1. The Balaban J connectivity index is 0.00000210. The predicted octanol–water partition coefficient (Wildman–Crippen LogP) is 4.71. The molecule has 0 atom stereocenters. The highest BCUT2D eigenvalue weighted by Gasteiger charge is 2.21. The topological polar surface area (TPSA) is 42.4 Å². The standard InChI is InChI=1S/C22H22N2O2.ClH/c1-16(25)24-12-10-21(11-13-24)26-20-8-6-17(7-9-20)19-14-18-4-2-3-5-22(18)23-15-19;/h2-9,14-15,21H,10-13H2,1H3;1H. The summed E-state index contributed by atoms with van der Waals surface area (Å²) in [5.41, 5.74) is 3.24. The Bertz CT molecular complexity index is 919. The summed E-state index contributed by atoms with van der Waals surface area (Å²) in [6, 6.07) is 18.5. The van der Waals surface area contributed by atoms with Crippen molar-refractivity contribution in [3.8, 4) is 16.9 Å². The van der Waals surface area contributed by atoms with E-state index in [1.807, 2.05) is 41.4 Å². The maximum Gasteiger partial charge on any atom is 0.219 e. The van der Waals surface area contributed by atoms with Gasteiger partial charge in [0.25, 0.3) is 0 Å². The van der Waals surface area contributed by atoms with Crippen LogP contribution in [0.4, 0.5) is 0 Å². The van der Waals surface area contributed by atoms with Gasteiger partial charge in [-0.05, 0) is 29.8 Å². The van der Waals surface area contributed by atoms with Crippen LogP contribution in [0.2, 0.25) is 0 Å². The molecule has 0 unspecified atom stereocenters. The molecule has 1 amide bonds. The first-order chi connectivity index (χ1) is 12.7. The SMILES string of the molecule is CC(=O)N1CCC(Oc2ccc(-c3cnc4ccccc4c3)cc2)CC1.Cl. The number of nitrogens with zero attached hydrogens (tertiary/aromatic N) is 2. The van der Waals surface area contributed by atoms with Crippen molar-refractivity contribution in [3.63, 3.8) is 0 Å². The van der Waals surface area contributed by atoms with Crippen LogP contribution in [0, 0.1) is 0 Å². The zero-order chi connectivity index (χ0) is 17.9. The number of amides is 1. The average molecular weight is 383 g/mol. The van der Waals surface area contributed by atoms with Gasteiger partial charge in [-0.2, -0.15) is 0 Å². The van der Waals surface area contributed by atoms with Gasteiger partial charge in [0.2, 0.25) is 5.91 Å². The Morgan fingerprint density at radius 2 is 1.74 bits per heavy atom. The normalized spacial score (nSPS) is 14.6. The molecule has 0 radical (unpaired) electrons. The summed E-state index contributed by atoms with van der Waals surface area (Å²) in [5, 5.41) is 1.14. The van der Waals surface area contributed by atoms with E-state index in [0.717, 1.165) is 53.7 Å². The molecule has 2 aromatic carbocycles. The largest absolute Gasteiger partial charge is 0.490 e. The first-order valence-electron chi connectivity index (χ1n) is 9.06. The first kappa shape index (κ1) is 19.2. The molecule has 4 nitrogen and oxygen atoms in total. The number of carbonyl (C=O) groups is 1. The van der Waals surface area contributed by atoms with Crippen molar-refractivity contribution in [2.24, 2.45) is 0 Å². The fraction of sp³-hybridized carbons (Fsp3) is 0.273. The van der Waals surface area contributed by atoms with E-state index in [9.17, 15) is 4.79 Å². The molecule has 1 saturated heterocycles. The predicted molar refractivity (Wildman–Crippen MR) is 110 cm³/mol. The number of rotatable bonds is 3. The Morgan fingerprint density at radius 3 is 2.44 bits per heavy atom. The van der Waals surface area contributed by atoms with E-state index in [4.69, 9.17) is 4.74 Å². The number of para-hydroxylation sites is 1. The fourth-order valence-electron chi connectivity index (χ4n) is 3.44. The van der Waals surface area contributed by atoms with E-state index in [2.05, 4.69) is 29.2 Å². The van der Waals surface area contributed by atoms with E-state index in [1.54, 1.807) is 6.92 Å². The van der Waals surface area contributed by atoms with Gasteiger partial charge in [0, 0.05) is 50.0 Å². The Morgan fingerprint density at radius 1 is 1.04 bits per heavy atom. The average Bonchev–Trinajstić information content (AvgIpc) is 2.68. The number of pyridine rings is 1. The molecule has 0 N–H and O–H groups in total. The van der Waals surface area contributed by atoms with Crippen LogP contribution in [0.25, 0.3) is 22.0 Å². The summed E-state index contributed by atoms with van der Waals surface area (Å²) in [6.45, 7) is 3.18. The number of halogens is 1. The van der Waals surface area contributed by atoms with Crippen molar-refractivity contribution < 1.29 is 9.53 Å². The van der Waals surface area contributed by atoms with E-state index in [1.165, 1.54) is 0 Å². The van der Waals surface area contributed by atoms with Gasteiger partial charge >= 0.3 is 0 Å². The summed E-state index contributed by atoms with van der Waals surface area (Å²) in [7, 11) is 0. The van der Waals surface area contributed by atoms with Crippen molar-refractivity contribution in [1.29, 1.82) is 0 Å². The molecule has 1 aliphatic rings. The Labute approximate surface area is 165 Å². The number of hydrogen-bond donors (Lipinski definition) is 0. The van der Waals surface area contributed by atoms with Crippen molar-refractivity contribution in [2.75, 3.05) is 13.1 Å². The monoisotopic (exact) mass is 382 g/mol. The van der Waals surface area contributed by atoms with Crippen LogP contribution in [0.5, 0.6) is 5.75 Å². The maximum absolute atomic E-state index is 11.4. The summed E-state index contributed by atoms with van der Waals surface area (Å²) in [6.07, 6.45) is 3.86. The third kappa shape index (κ3) is 4.40. The van der Waals surface area contributed by atoms with Crippen LogP contribution in [0.1, 0.15) is 19.8 Å². The lowest BCUT2D eigenvalue weighted by molar-refractivity contribution is -0.130. The molecule has 4 rings (SSSR count). The summed E-state index contributed by atoms with van der Waals surface area (Å²) in [5.74, 6) is 1.03. The number of carbonyl (C=O) groups excluding carboxylic acids is 1. The Kier molecular flexibility index (Phi) is 5.97. The number of hydrogen-bond acceptors (Lipinski definition) is 3. The maximum atomic E-state index is 11.4. The second-order valence-corrected chi connectivity index (χ2v) is 6.76. The molecule has 0 spiro atoms. The molecule has 0 saturated carbocycles. The third-order valence-corrected chi connectivity index (χ3v) is 4.97. The summed E-state index contributed by atoms with van der Waals surface area (Å²) >= 11 is 0. The Hall–Kier alpha value is -2.59. The molecule has 0 aliphatic carbocycles. The van der Waals surface area contributed by atoms with Crippen molar-refractivity contribution >= 4 is 29.2 Å². The molecule has 140 valence electrons. The molecule has 0 bridgehead atoms. The fourth-order valence-corrected chi connectivity index (χ4v) is 3.44. The molecule has 1 aromatic heterocycles. The second-order valence-electron chi connectivity index (χ2n) is 6.76. The molecule has 3 aromatic rings. The zero-order valence-corrected chi connectivity index (χ0v) is 16.1. The molecular weight excluding hydrogens is 360 g/mol. The second kappa shape index (κ2) is 8.40. The van der Waals surface area contributed by atoms with Crippen LogP contribution in [-0.2, 0) is 4.79 Å². The zero-order valence-electron chi connectivity index (χ0n) is 15.3. The van der Waals surface area contributed by atoms with Crippen molar-refractivity contribution in [2.45, 2.75) is 25.9 Å². The molecule has 2 heterocycles. The third-order valence-electron chi connectivity index (χ3n) is 4.97. The van der Waals surface area contributed by atoms with Gasteiger partial charge in [0.1, 0.15) is 11.9 Å². The van der Waals surface area contributed by atoms with Crippen LogP contribution >= 0.6 is 12.4 Å². The van der Waals surface area contributed by atoms with E-state index >= 15 is 0 Å². The first-order valence-corrected chi connectivity index (χ1v) is 9.06. The van der Waals surface area contributed by atoms with Crippen molar-refractivity contribution in [1.82, 2.24) is 9.88 Å². The minimum absolute atomic E-state index is 0. The summed E-state index contributed by atoms with van der Waals surface area (Å²) in [4.78, 5) is 17.8. The number of benzene rings is 2.